The van der Waals surface area contributed by atoms with Gasteiger partial charge in [-0.1, -0.05) is 209 Å². The first kappa shape index (κ1) is 37.0. The fourth-order valence-electron chi connectivity index (χ4n) is 7.91. The topological polar surface area (TPSA) is 0 Å². The normalized spacial score (nSPS) is 15.2. The smallest absolute Gasteiger partial charge is 0.0656 e. The number of allylic oxidation sites excluding steroid dienone is 2. The summed E-state index contributed by atoms with van der Waals surface area (Å²) in [7, 11) is -5.93. The highest BCUT2D eigenvalue weighted by molar-refractivity contribution is 6.92. The molecule has 4 aromatic carbocycles. The quantitative estimate of drug-likeness (QED) is 0.151. The average molecular weight is 727 g/mol. The van der Waals surface area contributed by atoms with Gasteiger partial charge in [0.1, 0.15) is 0 Å². The van der Waals surface area contributed by atoms with Gasteiger partial charge >= 0.3 is 0 Å². The van der Waals surface area contributed by atoms with Crippen LogP contribution in [0.1, 0.15) is 42.5 Å². The van der Waals surface area contributed by atoms with Crippen LogP contribution in [0.3, 0.4) is 0 Å². The van der Waals surface area contributed by atoms with Gasteiger partial charge in [0.15, 0.2) is 0 Å². The molecule has 4 heteroatoms. The molecule has 0 saturated heterocycles. The van der Waals surface area contributed by atoms with Crippen LogP contribution in [0, 0.1) is 5.41 Å². The highest BCUT2D eigenvalue weighted by Crippen LogP contribution is 2.50. The summed E-state index contributed by atoms with van der Waals surface area (Å²) < 4.78 is 0. The summed E-state index contributed by atoms with van der Waals surface area (Å²) in [5.41, 5.74) is 14.7. The first-order chi connectivity index (χ1) is 23.1. The lowest BCUT2D eigenvalue weighted by Gasteiger charge is -2.32. The molecule has 0 aromatic heterocycles. The summed E-state index contributed by atoms with van der Waals surface area (Å²) >= 11 is 0. The molecule has 0 radical (unpaired) electrons. The van der Waals surface area contributed by atoms with Gasteiger partial charge < -0.3 is 0 Å². The molecule has 0 N–H and O–H groups in total. The molecule has 50 heavy (non-hydrogen) atoms. The zero-order valence-corrected chi connectivity index (χ0v) is 37.7. The van der Waals surface area contributed by atoms with Crippen molar-refractivity contribution in [1.82, 2.24) is 0 Å². The fraction of sp³-hybridized carbons (Fsp3) is 0.391. The fourth-order valence-corrected chi connectivity index (χ4v) is 12.9. The van der Waals surface area contributed by atoms with E-state index in [0.29, 0.717) is 0 Å². The van der Waals surface area contributed by atoms with Crippen LogP contribution < -0.4 is 20.7 Å². The van der Waals surface area contributed by atoms with Gasteiger partial charge in [0, 0.05) is 5.41 Å². The molecule has 262 valence electrons. The zero-order valence-electron chi connectivity index (χ0n) is 33.7. The number of hydrogen-bond donors (Lipinski definition) is 0. The van der Waals surface area contributed by atoms with Crippen molar-refractivity contribution in [2.24, 2.45) is 5.41 Å². The largest absolute Gasteiger partial charge is 0.0776 e. The molecule has 0 heterocycles. The highest BCUT2D eigenvalue weighted by Gasteiger charge is 2.37. The third-order valence-electron chi connectivity index (χ3n) is 11.9. The second-order valence-corrected chi connectivity index (χ2v) is 40.0. The molecule has 0 aliphatic heterocycles. The Labute approximate surface area is 309 Å². The standard InChI is InChI=1S/C46H62Si4/c1-15-46(2,36-22-32-18-16-20-42(44(32)28-36)34-24-38(47(3,4)5)30-39(25-34)48(6,7)8)37-23-33-19-17-21-43(45(33)29-37)35-26-40(49(9,10)11)31-41(27-35)50(12,13)14/h16-21,24-31H,15,22-23H2,1-14H3. The van der Waals surface area contributed by atoms with Crippen molar-refractivity contribution in [3.8, 4) is 22.3 Å². The van der Waals surface area contributed by atoms with Crippen LogP contribution in [0.25, 0.3) is 34.4 Å². The Kier molecular flexibility index (Phi) is 9.41. The third kappa shape index (κ3) is 7.02. The van der Waals surface area contributed by atoms with E-state index in [-0.39, 0.29) is 5.41 Å². The number of hydrogen-bond acceptors (Lipinski definition) is 0. The molecule has 6 rings (SSSR count). The Hall–Kier alpha value is -2.77. The van der Waals surface area contributed by atoms with E-state index >= 15 is 0 Å². The summed E-state index contributed by atoms with van der Waals surface area (Å²) in [6, 6.07) is 29.5. The van der Waals surface area contributed by atoms with Gasteiger partial charge in [-0.15, -0.1) is 0 Å². The predicted molar refractivity (Wildman–Crippen MR) is 237 cm³/mol. The highest BCUT2D eigenvalue weighted by atomic mass is 28.3. The molecule has 0 fully saturated rings. The van der Waals surface area contributed by atoms with E-state index < -0.39 is 32.3 Å². The minimum atomic E-state index is -1.48. The summed E-state index contributed by atoms with van der Waals surface area (Å²) in [4.78, 5) is 0. The van der Waals surface area contributed by atoms with Crippen LogP contribution in [-0.2, 0) is 12.8 Å². The number of benzene rings is 4. The van der Waals surface area contributed by atoms with Gasteiger partial charge in [-0.3, -0.25) is 0 Å². The lowest BCUT2D eigenvalue weighted by atomic mass is 9.72. The number of rotatable bonds is 9. The van der Waals surface area contributed by atoms with Crippen molar-refractivity contribution in [3.63, 3.8) is 0 Å². The third-order valence-corrected chi connectivity index (χ3v) is 20.0. The predicted octanol–water partition coefficient (Wildman–Crippen LogP) is 11.2. The Morgan fingerprint density at radius 3 is 1.08 bits per heavy atom. The SMILES string of the molecule is CCC(C)(C1=Cc2c(cccc2-c2cc([Si](C)(C)C)cc([Si](C)(C)C)c2)C1)C1=Cc2c(cccc2-c2cc([Si](C)(C)C)cc([Si](C)(C)C)c2)C1. The molecule has 0 bridgehead atoms. The Morgan fingerprint density at radius 1 is 0.480 bits per heavy atom. The lowest BCUT2D eigenvalue weighted by molar-refractivity contribution is 0.452. The maximum absolute atomic E-state index is 2.60. The molecule has 0 saturated carbocycles. The van der Waals surface area contributed by atoms with Gasteiger partial charge in [-0.2, -0.15) is 0 Å². The Bertz CT molecular complexity index is 1820. The summed E-state index contributed by atoms with van der Waals surface area (Å²) in [5, 5.41) is 6.34. The Balaban J connectivity index is 1.43. The van der Waals surface area contributed by atoms with Crippen LogP contribution in [-0.4, -0.2) is 32.3 Å². The van der Waals surface area contributed by atoms with E-state index in [2.05, 4.69) is 177 Å². The molecule has 2 aliphatic rings. The Morgan fingerprint density at radius 2 is 0.800 bits per heavy atom. The first-order valence-corrected chi connectivity index (χ1v) is 33.1. The maximum atomic E-state index is 2.60. The van der Waals surface area contributed by atoms with Crippen LogP contribution in [0.15, 0.2) is 83.9 Å². The van der Waals surface area contributed by atoms with Gasteiger partial charge in [0.2, 0.25) is 0 Å². The van der Waals surface area contributed by atoms with E-state index in [1.807, 2.05) is 0 Å². The molecular formula is C46H62Si4. The van der Waals surface area contributed by atoms with E-state index in [9.17, 15) is 0 Å². The summed E-state index contributed by atoms with van der Waals surface area (Å²) in [6.45, 7) is 34.9. The summed E-state index contributed by atoms with van der Waals surface area (Å²) in [6.07, 6.45) is 8.39. The second kappa shape index (κ2) is 12.7. The van der Waals surface area contributed by atoms with E-state index in [4.69, 9.17) is 0 Å². The molecular weight excluding hydrogens is 665 g/mol. The molecule has 0 spiro atoms. The minimum Gasteiger partial charge on any atom is -0.0656 e. The molecule has 0 atom stereocenters. The second-order valence-electron chi connectivity index (χ2n) is 19.7. The number of fused-ring (bicyclic) bond motifs is 2. The van der Waals surface area contributed by atoms with Crippen LogP contribution in [0.5, 0.6) is 0 Å². The van der Waals surface area contributed by atoms with Crippen molar-refractivity contribution in [2.45, 2.75) is 112 Å². The van der Waals surface area contributed by atoms with Crippen LogP contribution in [0.2, 0.25) is 78.6 Å². The molecule has 2 aliphatic carbocycles. The summed E-state index contributed by atoms with van der Waals surface area (Å²) in [5.74, 6) is 0. The van der Waals surface area contributed by atoms with Crippen molar-refractivity contribution in [3.05, 3.63) is 106 Å². The first-order valence-electron chi connectivity index (χ1n) is 19.1. The van der Waals surface area contributed by atoms with E-state index in [1.165, 1.54) is 44.5 Å². The van der Waals surface area contributed by atoms with Gasteiger partial charge in [-0.25, -0.2) is 0 Å². The average Bonchev–Trinajstić information content (AvgIpc) is 3.68. The molecule has 0 unspecified atom stereocenters. The van der Waals surface area contributed by atoms with E-state index in [0.717, 1.165) is 19.3 Å². The van der Waals surface area contributed by atoms with Crippen LogP contribution >= 0.6 is 0 Å². The molecule has 0 amide bonds. The lowest BCUT2D eigenvalue weighted by Crippen LogP contribution is -2.45. The zero-order chi connectivity index (χ0) is 36.6. The minimum absolute atomic E-state index is 0.0138. The van der Waals surface area contributed by atoms with Gasteiger partial charge in [0.25, 0.3) is 0 Å². The van der Waals surface area contributed by atoms with Crippen molar-refractivity contribution in [1.29, 1.82) is 0 Å². The monoisotopic (exact) mass is 726 g/mol. The maximum Gasteiger partial charge on any atom is 0.0776 e. The molecule has 4 aromatic rings. The van der Waals surface area contributed by atoms with Gasteiger partial charge in [-0.05, 0) is 63.8 Å². The van der Waals surface area contributed by atoms with Gasteiger partial charge in [0.05, 0.1) is 32.3 Å². The van der Waals surface area contributed by atoms with Crippen molar-refractivity contribution < 1.29 is 0 Å². The van der Waals surface area contributed by atoms with Crippen LogP contribution in [0.4, 0.5) is 0 Å². The molecule has 0 nitrogen and oxygen atoms in total. The van der Waals surface area contributed by atoms with Crippen molar-refractivity contribution >= 4 is 65.2 Å². The van der Waals surface area contributed by atoms with E-state index in [1.54, 1.807) is 31.9 Å². The van der Waals surface area contributed by atoms with Crippen molar-refractivity contribution in [2.75, 3.05) is 0 Å².